The molecule has 0 atom stereocenters. The lowest BCUT2D eigenvalue weighted by Crippen LogP contribution is -2.00. The molecule has 0 amide bonds. The number of hydrogen-bond donors (Lipinski definition) is 0. The minimum absolute atomic E-state index is 0.00692. The van der Waals surface area contributed by atoms with Gasteiger partial charge < -0.3 is 0 Å². The van der Waals surface area contributed by atoms with Gasteiger partial charge in [-0.2, -0.15) is 0 Å². The molecule has 0 aliphatic heterocycles. The Kier molecular flexibility index (Phi) is 3.47. The summed E-state index contributed by atoms with van der Waals surface area (Å²) in [4.78, 5) is 12.8. The molecule has 16 heavy (non-hydrogen) atoms. The number of aryl methyl sites for hydroxylation is 1. The Bertz CT molecular complexity index is 548. The molecule has 0 fully saturated rings. The molecule has 0 spiro atoms. The predicted molar refractivity (Wildman–Crippen MR) is 71.6 cm³/mol. The van der Waals surface area contributed by atoms with E-state index < -0.39 is 0 Å². The molecule has 0 aliphatic rings. The minimum atomic E-state index is 0.00692. The first-order valence-electron chi connectivity index (χ1n) is 4.65. The van der Waals surface area contributed by atoms with E-state index in [0.29, 0.717) is 14.8 Å². The van der Waals surface area contributed by atoms with Crippen LogP contribution in [0.5, 0.6) is 0 Å². The standard InChI is InChI=1S/C12H8BrClOS/c1-7-3-2-4-8(11(7)13)12(15)9-5-6-10(14)16-9/h2-6H,1H3. The fourth-order valence-corrected chi connectivity index (χ4v) is 2.83. The number of hydrogen-bond acceptors (Lipinski definition) is 2. The Morgan fingerprint density at radius 2 is 2.06 bits per heavy atom. The summed E-state index contributed by atoms with van der Waals surface area (Å²) in [6, 6.07) is 9.14. The van der Waals surface area contributed by atoms with Crippen molar-refractivity contribution in [3.63, 3.8) is 0 Å². The average Bonchev–Trinajstić information content (AvgIpc) is 2.68. The second kappa shape index (κ2) is 4.70. The highest BCUT2D eigenvalue weighted by molar-refractivity contribution is 9.10. The summed E-state index contributed by atoms with van der Waals surface area (Å²) >= 11 is 10.6. The molecule has 0 saturated heterocycles. The maximum atomic E-state index is 12.2. The lowest BCUT2D eigenvalue weighted by molar-refractivity contribution is 0.104. The highest BCUT2D eigenvalue weighted by Crippen LogP contribution is 2.28. The topological polar surface area (TPSA) is 17.1 Å². The summed E-state index contributed by atoms with van der Waals surface area (Å²) in [6.07, 6.45) is 0. The summed E-state index contributed by atoms with van der Waals surface area (Å²) in [6.45, 7) is 1.96. The number of benzene rings is 1. The molecule has 0 unspecified atom stereocenters. The first-order chi connectivity index (χ1) is 7.59. The number of ketones is 1. The fraction of sp³-hybridized carbons (Fsp3) is 0.0833. The van der Waals surface area contributed by atoms with Crippen LogP contribution in [-0.2, 0) is 0 Å². The lowest BCUT2D eigenvalue weighted by Gasteiger charge is -2.04. The molecule has 0 bridgehead atoms. The third-order valence-corrected chi connectivity index (χ3v) is 4.52. The van der Waals surface area contributed by atoms with Gasteiger partial charge in [-0.05, 0) is 46.6 Å². The first-order valence-corrected chi connectivity index (χ1v) is 6.63. The Balaban J connectivity index is 2.45. The zero-order valence-corrected chi connectivity index (χ0v) is 11.6. The van der Waals surface area contributed by atoms with Crippen LogP contribution in [0.2, 0.25) is 4.34 Å². The largest absolute Gasteiger partial charge is 0.288 e. The highest BCUT2D eigenvalue weighted by Gasteiger charge is 2.15. The van der Waals surface area contributed by atoms with Crippen LogP contribution in [0.4, 0.5) is 0 Å². The molecule has 1 nitrogen and oxygen atoms in total. The molecule has 1 heterocycles. The maximum absolute atomic E-state index is 12.2. The molecule has 0 radical (unpaired) electrons. The summed E-state index contributed by atoms with van der Waals surface area (Å²) in [5.41, 5.74) is 1.73. The summed E-state index contributed by atoms with van der Waals surface area (Å²) in [5.74, 6) is 0.00692. The molecule has 82 valence electrons. The number of rotatable bonds is 2. The third kappa shape index (κ3) is 2.21. The van der Waals surface area contributed by atoms with Crippen molar-refractivity contribution in [2.24, 2.45) is 0 Å². The van der Waals surface area contributed by atoms with E-state index in [0.717, 1.165) is 10.0 Å². The van der Waals surface area contributed by atoms with Crippen molar-refractivity contribution in [3.05, 3.63) is 55.1 Å². The monoisotopic (exact) mass is 314 g/mol. The summed E-state index contributed by atoms with van der Waals surface area (Å²) < 4.78 is 1.48. The molecule has 0 N–H and O–H groups in total. The van der Waals surface area contributed by atoms with Gasteiger partial charge in [-0.15, -0.1) is 11.3 Å². The lowest BCUT2D eigenvalue weighted by atomic mass is 10.1. The Hall–Kier alpha value is -0.640. The van der Waals surface area contributed by atoms with E-state index in [1.54, 1.807) is 12.1 Å². The normalized spacial score (nSPS) is 10.4. The second-order valence-corrected chi connectivity index (χ2v) is 5.88. The van der Waals surface area contributed by atoms with E-state index in [1.807, 2.05) is 25.1 Å². The zero-order chi connectivity index (χ0) is 11.7. The first kappa shape index (κ1) is 11.8. The van der Waals surface area contributed by atoms with E-state index in [2.05, 4.69) is 15.9 Å². The van der Waals surface area contributed by atoms with Crippen molar-refractivity contribution in [2.75, 3.05) is 0 Å². The Morgan fingerprint density at radius 1 is 1.31 bits per heavy atom. The van der Waals surface area contributed by atoms with Crippen molar-refractivity contribution >= 4 is 44.7 Å². The average molecular weight is 316 g/mol. The van der Waals surface area contributed by atoms with Crippen LogP contribution >= 0.6 is 38.9 Å². The van der Waals surface area contributed by atoms with Gasteiger partial charge in [0.1, 0.15) is 0 Å². The molecule has 0 aliphatic carbocycles. The smallest absolute Gasteiger partial charge is 0.204 e. The van der Waals surface area contributed by atoms with Gasteiger partial charge in [0.25, 0.3) is 0 Å². The van der Waals surface area contributed by atoms with E-state index in [4.69, 9.17) is 11.6 Å². The van der Waals surface area contributed by atoms with Crippen LogP contribution in [0.3, 0.4) is 0 Å². The predicted octanol–water partition coefficient (Wildman–Crippen LogP) is 4.70. The summed E-state index contributed by atoms with van der Waals surface area (Å²) in [7, 11) is 0. The number of thiophene rings is 1. The SMILES string of the molecule is Cc1cccc(C(=O)c2ccc(Cl)s2)c1Br. The molecule has 0 saturated carbocycles. The van der Waals surface area contributed by atoms with Gasteiger partial charge in [0, 0.05) is 10.0 Å². The van der Waals surface area contributed by atoms with Crippen LogP contribution in [0.15, 0.2) is 34.8 Å². The van der Waals surface area contributed by atoms with Crippen LogP contribution in [0, 0.1) is 6.92 Å². The van der Waals surface area contributed by atoms with Crippen molar-refractivity contribution in [1.82, 2.24) is 0 Å². The molecule has 1 aromatic carbocycles. The number of carbonyl (C=O) groups is 1. The van der Waals surface area contributed by atoms with E-state index in [9.17, 15) is 4.79 Å². The molecule has 1 aromatic heterocycles. The van der Waals surface area contributed by atoms with Crippen molar-refractivity contribution in [1.29, 1.82) is 0 Å². The molecular formula is C12H8BrClOS. The van der Waals surface area contributed by atoms with Gasteiger partial charge >= 0.3 is 0 Å². The van der Waals surface area contributed by atoms with Gasteiger partial charge in [-0.3, -0.25) is 4.79 Å². The molecular weight excluding hydrogens is 308 g/mol. The summed E-state index contributed by atoms with van der Waals surface area (Å²) in [5, 5.41) is 0. The molecule has 2 rings (SSSR count). The number of halogens is 2. The maximum Gasteiger partial charge on any atom is 0.204 e. The van der Waals surface area contributed by atoms with Crippen LogP contribution in [0.1, 0.15) is 20.8 Å². The fourth-order valence-electron chi connectivity index (χ4n) is 1.39. The minimum Gasteiger partial charge on any atom is -0.288 e. The Morgan fingerprint density at radius 3 is 2.69 bits per heavy atom. The van der Waals surface area contributed by atoms with Crippen LogP contribution in [0.25, 0.3) is 0 Å². The zero-order valence-electron chi connectivity index (χ0n) is 8.46. The second-order valence-electron chi connectivity index (χ2n) is 3.37. The van der Waals surface area contributed by atoms with Crippen LogP contribution in [-0.4, -0.2) is 5.78 Å². The third-order valence-electron chi connectivity index (χ3n) is 2.23. The van der Waals surface area contributed by atoms with Gasteiger partial charge in [0.05, 0.1) is 9.21 Å². The quantitative estimate of drug-likeness (QED) is 0.734. The Labute approximate surface area is 111 Å². The van der Waals surface area contributed by atoms with Gasteiger partial charge in [-0.25, -0.2) is 0 Å². The van der Waals surface area contributed by atoms with E-state index >= 15 is 0 Å². The van der Waals surface area contributed by atoms with Gasteiger partial charge in [-0.1, -0.05) is 23.7 Å². The highest BCUT2D eigenvalue weighted by atomic mass is 79.9. The van der Waals surface area contributed by atoms with E-state index in [-0.39, 0.29) is 5.78 Å². The van der Waals surface area contributed by atoms with E-state index in [1.165, 1.54) is 11.3 Å². The molecule has 2 aromatic rings. The van der Waals surface area contributed by atoms with Crippen LogP contribution < -0.4 is 0 Å². The van der Waals surface area contributed by atoms with Gasteiger partial charge in [0.15, 0.2) is 0 Å². The van der Waals surface area contributed by atoms with Crippen molar-refractivity contribution in [2.45, 2.75) is 6.92 Å². The molecule has 4 heteroatoms. The van der Waals surface area contributed by atoms with Crippen molar-refractivity contribution in [3.8, 4) is 0 Å². The van der Waals surface area contributed by atoms with Crippen molar-refractivity contribution < 1.29 is 4.79 Å². The number of carbonyl (C=O) groups excluding carboxylic acids is 1. The van der Waals surface area contributed by atoms with Gasteiger partial charge in [0.2, 0.25) is 5.78 Å².